The van der Waals surface area contributed by atoms with Gasteiger partial charge in [0.05, 0.1) is 12.1 Å². The van der Waals surface area contributed by atoms with Gasteiger partial charge in [-0.15, -0.1) is 0 Å². The van der Waals surface area contributed by atoms with Crippen molar-refractivity contribution in [1.29, 1.82) is 0 Å². The van der Waals surface area contributed by atoms with Crippen LogP contribution in [0.3, 0.4) is 0 Å². The number of pyridine rings is 1. The van der Waals surface area contributed by atoms with Gasteiger partial charge in [0.15, 0.2) is 0 Å². The lowest BCUT2D eigenvalue weighted by Gasteiger charge is -2.24. The lowest BCUT2D eigenvalue weighted by atomic mass is 9.94. The van der Waals surface area contributed by atoms with Gasteiger partial charge in [-0.3, -0.25) is 4.98 Å². The lowest BCUT2D eigenvalue weighted by molar-refractivity contribution is -0.0197. The Balaban J connectivity index is 2.64. The Morgan fingerprint density at radius 3 is 2.88 bits per heavy atom. The molecule has 3 nitrogen and oxygen atoms in total. The molecular formula is C13H14ClNO2. The number of aliphatic hydroxyl groups is 1. The highest BCUT2D eigenvalue weighted by molar-refractivity contribution is 6.31. The van der Waals surface area contributed by atoms with E-state index in [2.05, 4.69) is 4.98 Å². The number of hydrogen-bond donors (Lipinski definition) is 1. The van der Waals surface area contributed by atoms with Crippen LogP contribution in [-0.4, -0.2) is 23.8 Å². The van der Waals surface area contributed by atoms with Crippen LogP contribution in [0, 0.1) is 0 Å². The van der Waals surface area contributed by atoms with Crippen molar-refractivity contribution in [2.45, 2.75) is 12.5 Å². The second-order valence-electron chi connectivity index (χ2n) is 4.23. The van der Waals surface area contributed by atoms with Gasteiger partial charge < -0.3 is 9.84 Å². The largest absolute Gasteiger partial charge is 0.383 e. The molecule has 1 unspecified atom stereocenters. The first-order valence-corrected chi connectivity index (χ1v) is 5.68. The zero-order chi connectivity index (χ0) is 12.5. The van der Waals surface area contributed by atoms with Gasteiger partial charge >= 0.3 is 0 Å². The quantitative estimate of drug-likeness (QED) is 0.912. The fourth-order valence-corrected chi connectivity index (χ4v) is 2.12. The maximum atomic E-state index is 10.4. The van der Waals surface area contributed by atoms with E-state index in [-0.39, 0.29) is 6.61 Å². The summed E-state index contributed by atoms with van der Waals surface area (Å²) in [6.07, 6.45) is 1.68. The van der Waals surface area contributed by atoms with Crippen molar-refractivity contribution < 1.29 is 9.84 Å². The molecule has 2 aromatic rings. The van der Waals surface area contributed by atoms with Crippen LogP contribution >= 0.6 is 11.6 Å². The molecule has 0 aliphatic carbocycles. The third-order valence-corrected chi connectivity index (χ3v) is 2.94. The molecule has 4 heteroatoms. The van der Waals surface area contributed by atoms with E-state index in [1.807, 2.05) is 12.1 Å². The van der Waals surface area contributed by atoms with Gasteiger partial charge in [0.1, 0.15) is 5.60 Å². The standard InChI is InChI=1S/C13H14ClNO2/c1-13(16,8-17-2)11-5-6-15-12-4-3-9(14)7-10(11)12/h3-7,16H,8H2,1-2H3. The average molecular weight is 252 g/mol. The van der Waals surface area contributed by atoms with Crippen molar-refractivity contribution in [3.63, 3.8) is 0 Å². The zero-order valence-corrected chi connectivity index (χ0v) is 10.5. The Hall–Kier alpha value is -1.16. The molecule has 0 aliphatic rings. The Morgan fingerprint density at radius 1 is 1.41 bits per heavy atom. The van der Waals surface area contributed by atoms with Crippen LogP contribution < -0.4 is 0 Å². The van der Waals surface area contributed by atoms with E-state index in [4.69, 9.17) is 16.3 Å². The summed E-state index contributed by atoms with van der Waals surface area (Å²) in [5.74, 6) is 0. The van der Waals surface area contributed by atoms with Crippen LogP contribution in [0.25, 0.3) is 10.9 Å². The highest BCUT2D eigenvalue weighted by atomic mass is 35.5. The molecule has 1 aromatic heterocycles. The van der Waals surface area contributed by atoms with Crippen LogP contribution in [0.5, 0.6) is 0 Å². The number of halogens is 1. The van der Waals surface area contributed by atoms with Crippen molar-refractivity contribution in [2.24, 2.45) is 0 Å². The molecule has 2 rings (SSSR count). The van der Waals surface area contributed by atoms with Crippen molar-refractivity contribution in [3.8, 4) is 0 Å². The molecule has 0 saturated carbocycles. The fraction of sp³-hybridized carbons (Fsp3) is 0.308. The highest BCUT2D eigenvalue weighted by Crippen LogP contribution is 2.29. The summed E-state index contributed by atoms with van der Waals surface area (Å²) in [6.45, 7) is 1.94. The molecular weight excluding hydrogens is 238 g/mol. The van der Waals surface area contributed by atoms with E-state index in [0.717, 1.165) is 16.5 Å². The van der Waals surface area contributed by atoms with Crippen LogP contribution in [0.2, 0.25) is 5.02 Å². The molecule has 17 heavy (non-hydrogen) atoms. The van der Waals surface area contributed by atoms with E-state index < -0.39 is 5.60 Å². The minimum atomic E-state index is -1.05. The molecule has 1 N–H and O–H groups in total. The van der Waals surface area contributed by atoms with Gasteiger partial charge in [-0.25, -0.2) is 0 Å². The number of fused-ring (bicyclic) bond motifs is 1. The van der Waals surface area contributed by atoms with Crippen LogP contribution in [0.1, 0.15) is 12.5 Å². The molecule has 90 valence electrons. The molecule has 0 aliphatic heterocycles. The predicted octanol–water partition coefficient (Wildman–Crippen LogP) is 2.74. The number of ether oxygens (including phenoxy) is 1. The summed E-state index contributed by atoms with van der Waals surface area (Å²) >= 11 is 5.98. The van der Waals surface area contributed by atoms with E-state index in [0.29, 0.717) is 5.02 Å². The van der Waals surface area contributed by atoms with Gasteiger partial charge in [0.25, 0.3) is 0 Å². The van der Waals surface area contributed by atoms with E-state index in [1.54, 1.807) is 32.4 Å². The minimum absolute atomic E-state index is 0.221. The maximum Gasteiger partial charge on any atom is 0.111 e. The number of nitrogens with zero attached hydrogens (tertiary/aromatic N) is 1. The van der Waals surface area contributed by atoms with Crippen molar-refractivity contribution in [3.05, 3.63) is 41.0 Å². The molecule has 0 amide bonds. The smallest absolute Gasteiger partial charge is 0.111 e. The second-order valence-corrected chi connectivity index (χ2v) is 4.66. The summed E-state index contributed by atoms with van der Waals surface area (Å²) in [4.78, 5) is 4.25. The monoisotopic (exact) mass is 251 g/mol. The van der Waals surface area contributed by atoms with Gasteiger partial charge in [-0.2, -0.15) is 0 Å². The van der Waals surface area contributed by atoms with Crippen LogP contribution in [0.4, 0.5) is 0 Å². The highest BCUT2D eigenvalue weighted by Gasteiger charge is 2.25. The first kappa shape index (κ1) is 12.3. The van der Waals surface area contributed by atoms with Gasteiger partial charge in [0, 0.05) is 23.7 Å². The van der Waals surface area contributed by atoms with Gasteiger partial charge in [-0.1, -0.05) is 11.6 Å². The summed E-state index contributed by atoms with van der Waals surface area (Å²) in [6, 6.07) is 7.22. The first-order chi connectivity index (χ1) is 8.04. The van der Waals surface area contributed by atoms with Crippen molar-refractivity contribution >= 4 is 22.5 Å². The number of rotatable bonds is 3. The second kappa shape index (κ2) is 4.61. The summed E-state index contributed by atoms with van der Waals surface area (Å²) < 4.78 is 5.04. The lowest BCUT2D eigenvalue weighted by Crippen LogP contribution is -2.27. The summed E-state index contributed by atoms with van der Waals surface area (Å²) in [5.41, 5.74) is 0.524. The molecule has 1 atom stereocenters. The van der Waals surface area contributed by atoms with Crippen molar-refractivity contribution in [1.82, 2.24) is 4.98 Å². The SMILES string of the molecule is COCC(C)(O)c1ccnc2ccc(Cl)cc12. The summed E-state index contributed by atoms with van der Waals surface area (Å²) in [5, 5.41) is 11.9. The minimum Gasteiger partial charge on any atom is -0.383 e. The third-order valence-electron chi connectivity index (χ3n) is 2.71. The normalized spacial score (nSPS) is 14.8. The molecule has 1 aromatic carbocycles. The predicted molar refractivity (Wildman–Crippen MR) is 68.2 cm³/mol. The first-order valence-electron chi connectivity index (χ1n) is 5.30. The number of methoxy groups -OCH3 is 1. The number of aromatic nitrogens is 1. The zero-order valence-electron chi connectivity index (χ0n) is 9.77. The summed E-state index contributed by atoms with van der Waals surface area (Å²) in [7, 11) is 1.56. The molecule has 0 bridgehead atoms. The fourth-order valence-electron chi connectivity index (χ4n) is 1.95. The Bertz CT molecular complexity index is 540. The Morgan fingerprint density at radius 2 is 2.18 bits per heavy atom. The van der Waals surface area contributed by atoms with Gasteiger partial charge in [0.2, 0.25) is 0 Å². The Labute approximate surface area is 105 Å². The van der Waals surface area contributed by atoms with E-state index >= 15 is 0 Å². The third kappa shape index (κ3) is 2.41. The van der Waals surface area contributed by atoms with Gasteiger partial charge in [-0.05, 0) is 36.8 Å². The molecule has 0 fully saturated rings. The average Bonchev–Trinajstić information content (AvgIpc) is 2.28. The Kier molecular flexibility index (Phi) is 3.33. The van der Waals surface area contributed by atoms with E-state index in [9.17, 15) is 5.11 Å². The topological polar surface area (TPSA) is 42.4 Å². The molecule has 0 spiro atoms. The van der Waals surface area contributed by atoms with E-state index in [1.165, 1.54) is 0 Å². The molecule has 0 saturated heterocycles. The molecule has 0 radical (unpaired) electrons. The maximum absolute atomic E-state index is 10.4. The number of benzene rings is 1. The molecule has 1 heterocycles. The van der Waals surface area contributed by atoms with Crippen LogP contribution in [0.15, 0.2) is 30.5 Å². The van der Waals surface area contributed by atoms with Crippen molar-refractivity contribution in [2.75, 3.05) is 13.7 Å². The number of hydrogen-bond acceptors (Lipinski definition) is 3. The van der Waals surface area contributed by atoms with Crippen LogP contribution in [-0.2, 0) is 10.3 Å².